The Kier molecular flexibility index (Phi) is 19.5. The smallest absolute Gasteiger partial charge is 0.870 e. The fraction of sp³-hybridized carbons (Fsp3) is 0.667. The van der Waals surface area contributed by atoms with Gasteiger partial charge in [0.2, 0.25) is 0 Å². The number of carboxylic acid groups (broad SMARTS) is 1. The molecule has 0 aliphatic heterocycles. The SMILES string of the molecule is C.C=CC1CC1(NC(=O)OC(C)(C)C)C(C)=O.C=CC1C[C@@]1(NC(=O)OC(C)(C)C)C(=O)O.C=C[C@H]1C[C@]1(NC(=O)OC(C)(C)C)C(C)=O.[Na+].[OH-]. The molecular formula is C36H60N3NaO11. The molecule has 0 heterocycles. The van der Waals surface area contributed by atoms with Gasteiger partial charge in [-0.1, -0.05) is 25.7 Å². The van der Waals surface area contributed by atoms with Gasteiger partial charge in [0.1, 0.15) is 33.4 Å². The summed E-state index contributed by atoms with van der Waals surface area (Å²) in [5.74, 6) is -1.33. The van der Waals surface area contributed by atoms with Crippen LogP contribution in [0.1, 0.15) is 103 Å². The van der Waals surface area contributed by atoms with E-state index in [9.17, 15) is 28.8 Å². The number of hydrogen-bond acceptors (Lipinski definition) is 10. The van der Waals surface area contributed by atoms with E-state index in [1.807, 2.05) is 0 Å². The molecule has 3 saturated carbocycles. The molecule has 14 nitrogen and oxygen atoms in total. The minimum atomic E-state index is -1.22. The second-order valence-electron chi connectivity index (χ2n) is 15.4. The Labute approximate surface area is 325 Å². The number of ketones is 2. The van der Waals surface area contributed by atoms with Crippen molar-refractivity contribution in [1.82, 2.24) is 16.0 Å². The van der Waals surface area contributed by atoms with E-state index in [2.05, 4.69) is 35.7 Å². The Hall–Kier alpha value is -3.20. The number of rotatable bonds is 9. The van der Waals surface area contributed by atoms with Gasteiger partial charge in [-0.3, -0.25) is 9.59 Å². The number of aliphatic carboxylic acids is 1. The van der Waals surface area contributed by atoms with E-state index in [-0.39, 0.29) is 71.8 Å². The van der Waals surface area contributed by atoms with Crippen molar-refractivity contribution in [2.75, 3.05) is 0 Å². The summed E-state index contributed by atoms with van der Waals surface area (Å²) >= 11 is 0. The third kappa shape index (κ3) is 15.5. The fourth-order valence-corrected chi connectivity index (χ4v) is 4.89. The van der Waals surface area contributed by atoms with Crippen molar-refractivity contribution in [1.29, 1.82) is 0 Å². The molecule has 0 bridgehead atoms. The maximum absolute atomic E-state index is 11.6. The third-order valence-corrected chi connectivity index (χ3v) is 7.71. The van der Waals surface area contributed by atoms with E-state index >= 15 is 0 Å². The van der Waals surface area contributed by atoms with Crippen LogP contribution in [0, 0.1) is 17.8 Å². The molecule has 0 radical (unpaired) electrons. The van der Waals surface area contributed by atoms with E-state index in [1.54, 1.807) is 74.5 Å². The summed E-state index contributed by atoms with van der Waals surface area (Å²) in [6, 6.07) is 0. The number of Topliss-reactive ketones (excluding diaryl/α,β-unsaturated/α-hetero) is 2. The van der Waals surface area contributed by atoms with Crippen molar-refractivity contribution in [3.8, 4) is 0 Å². The molecule has 15 heteroatoms. The minimum Gasteiger partial charge on any atom is -0.870 e. The summed E-state index contributed by atoms with van der Waals surface area (Å²) in [5, 5.41) is 16.7. The molecule has 51 heavy (non-hydrogen) atoms. The molecule has 3 rings (SSSR count). The van der Waals surface area contributed by atoms with E-state index in [4.69, 9.17) is 19.3 Å². The van der Waals surface area contributed by atoms with E-state index < -0.39 is 57.7 Å². The molecule has 6 atom stereocenters. The molecule has 3 fully saturated rings. The summed E-state index contributed by atoms with van der Waals surface area (Å²) < 4.78 is 15.2. The Morgan fingerprint density at radius 1 is 0.588 bits per heavy atom. The maximum Gasteiger partial charge on any atom is 1.00 e. The van der Waals surface area contributed by atoms with Crippen LogP contribution in [0.15, 0.2) is 38.0 Å². The molecule has 3 unspecified atom stereocenters. The molecule has 3 aliphatic carbocycles. The average Bonchev–Trinajstić information content (AvgIpc) is 3.79. The van der Waals surface area contributed by atoms with Crippen LogP contribution in [0.25, 0.3) is 0 Å². The topological polar surface area (TPSA) is 216 Å². The van der Waals surface area contributed by atoms with Crippen LogP contribution in [-0.2, 0) is 28.6 Å². The summed E-state index contributed by atoms with van der Waals surface area (Å²) in [4.78, 5) is 68.6. The molecule has 5 N–H and O–H groups in total. The van der Waals surface area contributed by atoms with Crippen LogP contribution in [0.4, 0.5) is 14.4 Å². The number of carboxylic acids is 1. The standard InChI is InChI=1S/2C12H19NO3.C11H17NO4.CH4.Na.H2O/c2*1-6-9-7-12(9,8(2)14)13-10(15)16-11(3,4)5;1-5-7-6-11(7,8(13)14)12-9(15)16-10(2,3)4;;;/h2*6,9H,1,7H2,2-5H3,(H,13,15);5,7H,1,6H2,2-4H3,(H,12,15)(H,13,14);1H4;;1H2/q;;;;+1;/p-1/t9-,12-;;7?,11-;;;/m0.0.../s1. The Morgan fingerprint density at radius 2 is 0.804 bits per heavy atom. The Balaban J connectivity index is -0.000000658. The first-order valence-corrected chi connectivity index (χ1v) is 15.8. The zero-order valence-corrected chi connectivity index (χ0v) is 33.8. The number of carbonyl (C=O) groups is 6. The van der Waals surface area contributed by atoms with Crippen molar-refractivity contribution in [2.24, 2.45) is 17.8 Å². The van der Waals surface area contributed by atoms with Gasteiger partial charge in [-0.15, -0.1) is 19.7 Å². The Bertz CT molecular complexity index is 1160. The van der Waals surface area contributed by atoms with Crippen LogP contribution in [0.3, 0.4) is 0 Å². The number of alkyl carbamates (subject to hydrolysis) is 3. The van der Waals surface area contributed by atoms with Gasteiger partial charge in [-0.2, -0.15) is 0 Å². The van der Waals surface area contributed by atoms with Crippen molar-refractivity contribution in [2.45, 2.75) is 136 Å². The first-order valence-electron chi connectivity index (χ1n) is 15.8. The Morgan fingerprint density at radius 3 is 0.961 bits per heavy atom. The van der Waals surface area contributed by atoms with Crippen LogP contribution >= 0.6 is 0 Å². The van der Waals surface area contributed by atoms with Crippen LogP contribution in [0.5, 0.6) is 0 Å². The second-order valence-corrected chi connectivity index (χ2v) is 15.4. The average molecular weight is 734 g/mol. The number of nitrogens with one attached hydrogen (secondary N) is 3. The molecule has 0 spiro atoms. The van der Waals surface area contributed by atoms with Gasteiger partial charge in [-0.05, 0) is 95.4 Å². The quantitative estimate of drug-likeness (QED) is 0.153. The van der Waals surface area contributed by atoms with E-state index in [1.165, 1.54) is 19.9 Å². The van der Waals surface area contributed by atoms with Gasteiger partial charge in [-0.25, -0.2) is 19.2 Å². The maximum atomic E-state index is 11.6. The molecule has 3 aliphatic rings. The number of amides is 3. The van der Waals surface area contributed by atoms with E-state index in [0.717, 1.165) is 0 Å². The molecule has 3 amide bonds. The van der Waals surface area contributed by atoms with Gasteiger partial charge in [0.05, 0.1) is 0 Å². The number of hydrogen-bond donors (Lipinski definition) is 4. The predicted octanol–water partition coefficient (Wildman–Crippen LogP) is 3.09. The second kappa shape index (κ2) is 19.0. The molecule has 286 valence electrons. The van der Waals surface area contributed by atoms with Gasteiger partial charge in [0.25, 0.3) is 0 Å². The molecule has 0 saturated heterocycles. The van der Waals surface area contributed by atoms with Crippen molar-refractivity contribution in [3.63, 3.8) is 0 Å². The van der Waals surface area contributed by atoms with E-state index in [0.29, 0.717) is 19.3 Å². The van der Waals surface area contributed by atoms with Crippen LogP contribution in [0.2, 0.25) is 0 Å². The fourth-order valence-electron chi connectivity index (χ4n) is 4.89. The molecular weight excluding hydrogens is 673 g/mol. The van der Waals surface area contributed by atoms with Gasteiger partial charge >= 0.3 is 53.8 Å². The number of carbonyl (C=O) groups excluding carboxylic acids is 5. The first-order chi connectivity index (χ1) is 21.6. The van der Waals surface area contributed by atoms with Gasteiger partial charge in [0, 0.05) is 17.8 Å². The predicted molar refractivity (Wildman–Crippen MR) is 189 cm³/mol. The summed E-state index contributed by atoms with van der Waals surface area (Å²) in [6.45, 7) is 29.6. The van der Waals surface area contributed by atoms with Crippen molar-refractivity contribution in [3.05, 3.63) is 38.0 Å². The van der Waals surface area contributed by atoms with Crippen LogP contribution < -0.4 is 45.5 Å². The zero-order valence-electron chi connectivity index (χ0n) is 31.8. The minimum absolute atomic E-state index is 0. The normalized spacial score (nSPS) is 26.5. The van der Waals surface area contributed by atoms with Crippen LogP contribution in [-0.4, -0.2) is 79.8 Å². The monoisotopic (exact) mass is 733 g/mol. The van der Waals surface area contributed by atoms with Gasteiger partial charge < -0.3 is 40.7 Å². The third-order valence-electron chi connectivity index (χ3n) is 7.71. The largest absolute Gasteiger partial charge is 1.00 e. The van der Waals surface area contributed by atoms with Gasteiger partial charge in [0.15, 0.2) is 11.6 Å². The summed E-state index contributed by atoms with van der Waals surface area (Å²) in [7, 11) is 0. The summed E-state index contributed by atoms with van der Waals surface area (Å²) in [6.07, 6.45) is 4.71. The molecule has 0 aromatic rings. The first kappa shape index (κ1) is 52.2. The van der Waals surface area contributed by atoms with Crippen molar-refractivity contribution < 1.29 is 83.1 Å². The number of ether oxygens (including phenoxy) is 3. The molecule has 0 aromatic heterocycles. The van der Waals surface area contributed by atoms with Crippen molar-refractivity contribution >= 4 is 35.8 Å². The zero-order chi connectivity index (χ0) is 37.7. The summed E-state index contributed by atoms with van der Waals surface area (Å²) in [5.41, 5.74) is -4.51. The molecule has 0 aromatic carbocycles.